The van der Waals surface area contributed by atoms with Crippen LogP contribution in [-0.2, 0) is 0 Å². The second-order valence-electron chi connectivity index (χ2n) is 3.14. The van der Waals surface area contributed by atoms with Crippen molar-refractivity contribution in [1.82, 2.24) is 20.3 Å². The van der Waals surface area contributed by atoms with Crippen molar-refractivity contribution in [1.29, 1.82) is 0 Å². The van der Waals surface area contributed by atoms with E-state index in [0.717, 1.165) is 0 Å². The largest absolute Gasteiger partial charge is 0.395 e. The maximum Gasteiger partial charge on any atom is 0.252 e. The summed E-state index contributed by atoms with van der Waals surface area (Å²) in [7, 11) is 0. The molecule has 0 aliphatic heterocycles. The first-order valence-electron chi connectivity index (χ1n) is 4.76. The van der Waals surface area contributed by atoms with Gasteiger partial charge in [-0.3, -0.25) is 4.79 Å². The molecule has 2 rings (SSSR count). The number of hydrogen-bond donors (Lipinski definition) is 2. The maximum absolute atomic E-state index is 11.5. The number of aromatic nitrogens is 3. The van der Waals surface area contributed by atoms with Gasteiger partial charge in [0.2, 0.25) is 0 Å². The monoisotopic (exact) mass is 218 g/mol. The van der Waals surface area contributed by atoms with Gasteiger partial charge in [-0.2, -0.15) is 0 Å². The third-order valence-electron chi connectivity index (χ3n) is 2.01. The van der Waals surface area contributed by atoms with Crippen LogP contribution in [-0.4, -0.2) is 39.1 Å². The van der Waals surface area contributed by atoms with Crippen molar-refractivity contribution in [2.24, 2.45) is 0 Å². The van der Waals surface area contributed by atoms with E-state index in [2.05, 4.69) is 20.3 Å². The second-order valence-corrected chi connectivity index (χ2v) is 3.14. The van der Waals surface area contributed by atoms with E-state index < -0.39 is 0 Å². The van der Waals surface area contributed by atoms with E-state index in [-0.39, 0.29) is 19.1 Å². The molecule has 2 aromatic heterocycles. The molecular weight excluding hydrogens is 208 g/mol. The predicted octanol–water partition coefficient (Wildman–Crippen LogP) is -0.253. The minimum absolute atomic E-state index is 0.0874. The van der Waals surface area contributed by atoms with Gasteiger partial charge in [0.15, 0.2) is 5.65 Å². The molecule has 2 N–H and O–H groups in total. The van der Waals surface area contributed by atoms with Gasteiger partial charge in [0.05, 0.1) is 12.2 Å². The number of hydrogen-bond acceptors (Lipinski definition) is 5. The molecule has 0 aromatic carbocycles. The number of carbonyl (C=O) groups is 1. The normalized spacial score (nSPS) is 10.3. The van der Waals surface area contributed by atoms with Crippen LogP contribution in [0.15, 0.2) is 24.8 Å². The van der Waals surface area contributed by atoms with Crippen molar-refractivity contribution in [3.8, 4) is 0 Å². The number of aliphatic hydroxyl groups is 1. The maximum atomic E-state index is 11.5. The number of nitrogens with one attached hydrogen (secondary N) is 1. The van der Waals surface area contributed by atoms with Crippen molar-refractivity contribution in [2.45, 2.75) is 0 Å². The van der Waals surface area contributed by atoms with Crippen molar-refractivity contribution >= 4 is 16.9 Å². The first-order valence-corrected chi connectivity index (χ1v) is 4.76. The van der Waals surface area contributed by atoms with Gasteiger partial charge in [-0.05, 0) is 6.07 Å². The first kappa shape index (κ1) is 10.4. The number of fused-ring (bicyclic) bond motifs is 1. The number of aliphatic hydroxyl groups excluding tert-OH is 1. The third kappa shape index (κ3) is 2.12. The molecule has 1 amide bonds. The number of pyridine rings is 1. The summed E-state index contributed by atoms with van der Waals surface area (Å²) in [6.45, 7) is 0.137. The fraction of sp³-hybridized carbons (Fsp3) is 0.200. The van der Waals surface area contributed by atoms with Crippen molar-refractivity contribution in [2.75, 3.05) is 13.2 Å². The Balaban J connectivity index is 2.28. The van der Waals surface area contributed by atoms with Crippen LogP contribution < -0.4 is 5.32 Å². The summed E-state index contributed by atoms with van der Waals surface area (Å²) >= 11 is 0. The Morgan fingerprint density at radius 1 is 1.38 bits per heavy atom. The molecule has 0 fully saturated rings. The van der Waals surface area contributed by atoms with E-state index >= 15 is 0 Å². The van der Waals surface area contributed by atoms with Crippen LogP contribution >= 0.6 is 0 Å². The number of nitrogens with zero attached hydrogens (tertiary/aromatic N) is 3. The molecule has 0 radical (unpaired) electrons. The van der Waals surface area contributed by atoms with Crippen LogP contribution in [0.4, 0.5) is 0 Å². The molecule has 0 unspecified atom stereocenters. The standard InChI is InChI=1S/C10H10N4O2/c15-2-1-12-10(16)8-3-7-4-11-6-14-9(7)13-5-8/h3-6,15H,1-2H2,(H,12,16). The summed E-state index contributed by atoms with van der Waals surface area (Å²) in [5.74, 6) is -0.271. The van der Waals surface area contributed by atoms with Gasteiger partial charge in [0.1, 0.15) is 6.33 Å². The van der Waals surface area contributed by atoms with Crippen molar-refractivity contribution in [3.63, 3.8) is 0 Å². The van der Waals surface area contributed by atoms with Gasteiger partial charge >= 0.3 is 0 Å². The lowest BCUT2D eigenvalue weighted by atomic mass is 10.2. The average Bonchev–Trinajstić information content (AvgIpc) is 2.35. The summed E-state index contributed by atoms with van der Waals surface area (Å²) in [5.41, 5.74) is 0.976. The molecule has 0 saturated heterocycles. The first-order chi connectivity index (χ1) is 7.81. The lowest BCUT2D eigenvalue weighted by molar-refractivity contribution is 0.0944. The van der Waals surface area contributed by atoms with Crippen molar-refractivity contribution < 1.29 is 9.90 Å². The van der Waals surface area contributed by atoms with E-state index in [1.807, 2.05) is 0 Å². The topological polar surface area (TPSA) is 88.0 Å². The molecule has 2 aromatic rings. The zero-order valence-corrected chi connectivity index (χ0v) is 8.42. The number of carbonyl (C=O) groups excluding carboxylic acids is 1. The Kier molecular flexibility index (Phi) is 3.02. The molecule has 0 atom stereocenters. The quantitative estimate of drug-likeness (QED) is 0.741. The summed E-state index contributed by atoms with van der Waals surface area (Å²) in [6.07, 6.45) is 4.45. The highest BCUT2D eigenvalue weighted by atomic mass is 16.3. The molecule has 82 valence electrons. The Hall–Kier alpha value is -2.08. The van der Waals surface area contributed by atoms with Gasteiger partial charge in [-0.1, -0.05) is 0 Å². The lowest BCUT2D eigenvalue weighted by Gasteiger charge is -2.03. The van der Waals surface area contributed by atoms with E-state index in [1.54, 1.807) is 12.3 Å². The SMILES string of the molecule is O=C(NCCO)c1cnc2ncncc2c1. The van der Waals surface area contributed by atoms with E-state index in [0.29, 0.717) is 16.6 Å². The highest BCUT2D eigenvalue weighted by molar-refractivity contribution is 5.96. The van der Waals surface area contributed by atoms with Crippen LogP contribution in [0, 0.1) is 0 Å². The second kappa shape index (κ2) is 4.63. The molecule has 0 aliphatic rings. The molecule has 0 bridgehead atoms. The number of rotatable bonds is 3. The fourth-order valence-electron chi connectivity index (χ4n) is 1.27. The van der Waals surface area contributed by atoms with Crippen LogP contribution in [0.3, 0.4) is 0 Å². The predicted molar refractivity (Wildman–Crippen MR) is 56.8 cm³/mol. The van der Waals surface area contributed by atoms with E-state index in [9.17, 15) is 4.79 Å². The van der Waals surface area contributed by atoms with Crippen LogP contribution in [0.1, 0.15) is 10.4 Å². The molecule has 6 heteroatoms. The van der Waals surface area contributed by atoms with E-state index in [4.69, 9.17) is 5.11 Å². The minimum atomic E-state index is -0.271. The van der Waals surface area contributed by atoms with Gasteiger partial charge < -0.3 is 10.4 Å². The molecule has 6 nitrogen and oxygen atoms in total. The fourth-order valence-corrected chi connectivity index (χ4v) is 1.27. The highest BCUT2D eigenvalue weighted by Gasteiger charge is 2.06. The zero-order valence-electron chi connectivity index (χ0n) is 8.42. The lowest BCUT2D eigenvalue weighted by Crippen LogP contribution is -2.26. The summed E-state index contributed by atoms with van der Waals surface area (Å²) in [4.78, 5) is 23.4. The average molecular weight is 218 g/mol. The van der Waals surface area contributed by atoms with Crippen LogP contribution in [0.2, 0.25) is 0 Å². The van der Waals surface area contributed by atoms with Crippen LogP contribution in [0.5, 0.6) is 0 Å². The smallest absolute Gasteiger partial charge is 0.252 e. The molecule has 16 heavy (non-hydrogen) atoms. The number of amides is 1. The Morgan fingerprint density at radius 3 is 3.06 bits per heavy atom. The van der Waals surface area contributed by atoms with Gasteiger partial charge in [0.25, 0.3) is 5.91 Å². The molecule has 0 aliphatic carbocycles. The van der Waals surface area contributed by atoms with Gasteiger partial charge in [-0.25, -0.2) is 15.0 Å². The molecule has 2 heterocycles. The van der Waals surface area contributed by atoms with Crippen LogP contribution in [0.25, 0.3) is 11.0 Å². The third-order valence-corrected chi connectivity index (χ3v) is 2.01. The summed E-state index contributed by atoms with van der Waals surface area (Å²) in [6, 6.07) is 1.66. The van der Waals surface area contributed by atoms with E-state index in [1.165, 1.54) is 12.5 Å². The Bertz CT molecular complexity index is 515. The highest BCUT2D eigenvalue weighted by Crippen LogP contribution is 2.08. The zero-order chi connectivity index (χ0) is 11.4. The Labute approximate surface area is 91.4 Å². The molecule has 0 saturated carbocycles. The summed E-state index contributed by atoms with van der Waals surface area (Å²) in [5, 5.41) is 11.8. The summed E-state index contributed by atoms with van der Waals surface area (Å²) < 4.78 is 0. The van der Waals surface area contributed by atoms with Gasteiger partial charge in [0, 0.05) is 24.3 Å². The van der Waals surface area contributed by atoms with Gasteiger partial charge in [-0.15, -0.1) is 0 Å². The van der Waals surface area contributed by atoms with Crippen molar-refractivity contribution in [3.05, 3.63) is 30.4 Å². The minimum Gasteiger partial charge on any atom is -0.395 e. The molecular formula is C10H10N4O2. The molecule has 0 spiro atoms. The Morgan fingerprint density at radius 2 is 2.25 bits per heavy atom.